The highest BCUT2D eigenvalue weighted by atomic mass is 16.3. The van der Waals surface area contributed by atoms with Crippen LogP contribution in [0.3, 0.4) is 0 Å². The van der Waals surface area contributed by atoms with Gasteiger partial charge in [-0.2, -0.15) is 0 Å². The summed E-state index contributed by atoms with van der Waals surface area (Å²) in [5.74, 6) is 0.315. The lowest BCUT2D eigenvalue weighted by Gasteiger charge is -2.17. The molecule has 4 heteroatoms. The summed E-state index contributed by atoms with van der Waals surface area (Å²) in [6, 6.07) is 7.96. The molecule has 2 unspecified atom stereocenters. The van der Waals surface area contributed by atoms with Gasteiger partial charge in [0, 0.05) is 12.2 Å². The van der Waals surface area contributed by atoms with Crippen LogP contribution in [-0.2, 0) is 11.2 Å². The van der Waals surface area contributed by atoms with E-state index in [1.165, 1.54) is 5.56 Å². The fourth-order valence-corrected chi connectivity index (χ4v) is 2.67. The number of amides is 1. The number of rotatable bonds is 5. The lowest BCUT2D eigenvalue weighted by atomic mass is 10.0. The van der Waals surface area contributed by atoms with E-state index in [9.17, 15) is 9.90 Å². The SMILES string of the molecule is CCc1cccc(NC(=O)CN2CCC(C(C)O)C2)c1. The average molecular weight is 276 g/mol. The Kier molecular flexibility index (Phi) is 5.15. The number of aliphatic hydroxyl groups is 1. The first kappa shape index (κ1) is 15.0. The molecule has 0 radical (unpaired) electrons. The van der Waals surface area contributed by atoms with Gasteiger partial charge in [0.25, 0.3) is 0 Å². The van der Waals surface area contributed by atoms with Gasteiger partial charge in [0.1, 0.15) is 0 Å². The first-order valence-corrected chi connectivity index (χ1v) is 7.37. The van der Waals surface area contributed by atoms with Crippen LogP contribution in [0.1, 0.15) is 25.8 Å². The predicted octanol–water partition coefficient (Wildman–Crippen LogP) is 1.89. The minimum absolute atomic E-state index is 0.0181. The van der Waals surface area contributed by atoms with E-state index in [0.717, 1.165) is 31.6 Å². The van der Waals surface area contributed by atoms with Crippen LogP contribution in [0, 0.1) is 5.92 Å². The van der Waals surface area contributed by atoms with Crippen molar-refractivity contribution in [3.63, 3.8) is 0 Å². The van der Waals surface area contributed by atoms with Gasteiger partial charge in [-0.05, 0) is 49.9 Å². The Morgan fingerprint density at radius 2 is 2.35 bits per heavy atom. The lowest BCUT2D eigenvalue weighted by molar-refractivity contribution is -0.117. The van der Waals surface area contributed by atoms with Gasteiger partial charge in [-0.15, -0.1) is 0 Å². The molecular formula is C16H24N2O2. The van der Waals surface area contributed by atoms with Gasteiger partial charge >= 0.3 is 0 Å². The zero-order valence-electron chi connectivity index (χ0n) is 12.3. The molecule has 1 aliphatic heterocycles. The van der Waals surface area contributed by atoms with E-state index in [1.807, 2.05) is 25.1 Å². The van der Waals surface area contributed by atoms with Gasteiger partial charge in [0.15, 0.2) is 0 Å². The maximum atomic E-state index is 12.0. The van der Waals surface area contributed by atoms with Gasteiger partial charge in [-0.1, -0.05) is 19.1 Å². The minimum Gasteiger partial charge on any atom is -0.393 e. The van der Waals surface area contributed by atoms with Gasteiger partial charge in [-0.3, -0.25) is 9.69 Å². The van der Waals surface area contributed by atoms with Crippen molar-refractivity contribution >= 4 is 11.6 Å². The number of hydrogen-bond acceptors (Lipinski definition) is 3. The van der Waals surface area contributed by atoms with E-state index >= 15 is 0 Å². The van der Waals surface area contributed by atoms with Crippen molar-refractivity contribution < 1.29 is 9.90 Å². The smallest absolute Gasteiger partial charge is 0.238 e. The number of aliphatic hydroxyl groups excluding tert-OH is 1. The third kappa shape index (κ3) is 4.05. The second kappa shape index (κ2) is 6.86. The Balaban J connectivity index is 1.84. The molecular weight excluding hydrogens is 252 g/mol. The van der Waals surface area contributed by atoms with Crippen LogP contribution >= 0.6 is 0 Å². The molecule has 2 rings (SSSR count). The zero-order chi connectivity index (χ0) is 14.5. The molecule has 1 heterocycles. The number of nitrogens with zero attached hydrogens (tertiary/aromatic N) is 1. The van der Waals surface area contributed by atoms with Crippen LogP contribution in [0.4, 0.5) is 5.69 Å². The Hall–Kier alpha value is -1.39. The molecule has 1 aromatic rings. The molecule has 110 valence electrons. The molecule has 0 saturated carbocycles. The van der Waals surface area contributed by atoms with E-state index in [2.05, 4.69) is 23.2 Å². The largest absolute Gasteiger partial charge is 0.393 e. The van der Waals surface area contributed by atoms with Crippen LogP contribution in [0.2, 0.25) is 0 Å². The van der Waals surface area contributed by atoms with E-state index in [4.69, 9.17) is 0 Å². The van der Waals surface area contributed by atoms with E-state index < -0.39 is 0 Å². The van der Waals surface area contributed by atoms with Crippen LogP contribution in [0.25, 0.3) is 0 Å². The van der Waals surface area contributed by atoms with Crippen molar-refractivity contribution in [1.29, 1.82) is 0 Å². The Morgan fingerprint density at radius 3 is 3.00 bits per heavy atom. The molecule has 4 nitrogen and oxygen atoms in total. The van der Waals surface area contributed by atoms with E-state index in [0.29, 0.717) is 12.5 Å². The summed E-state index contributed by atoms with van der Waals surface area (Å²) in [5, 5.41) is 12.5. The number of carbonyl (C=O) groups is 1. The summed E-state index contributed by atoms with van der Waals surface area (Å²) in [6.07, 6.45) is 1.65. The summed E-state index contributed by atoms with van der Waals surface area (Å²) < 4.78 is 0. The minimum atomic E-state index is -0.288. The molecule has 2 atom stereocenters. The maximum Gasteiger partial charge on any atom is 0.238 e. The van der Waals surface area contributed by atoms with Crippen molar-refractivity contribution in [2.45, 2.75) is 32.8 Å². The first-order valence-electron chi connectivity index (χ1n) is 7.37. The second-order valence-corrected chi connectivity index (χ2v) is 5.63. The van der Waals surface area contributed by atoms with Crippen molar-refractivity contribution in [3.8, 4) is 0 Å². The third-order valence-corrected chi connectivity index (χ3v) is 3.98. The monoisotopic (exact) mass is 276 g/mol. The normalized spacial score (nSPS) is 20.9. The second-order valence-electron chi connectivity index (χ2n) is 5.63. The average Bonchev–Trinajstić information content (AvgIpc) is 2.87. The van der Waals surface area contributed by atoms with Gasteiger partial charge in [-0.25, -0.2) is 0 Å². The third-order valence-electron chi connectivity index (χ3n) is 3.98. The zero-order valence-corrected chi connectivity index (χ0v) is 12.3. The molecule has 0 spiro atoms. The number of hydrogen-bond donors (Lipinski definition) is 2. The van der Waals surface area contributed by atoms with Crippen LogP contribution in [0.15, 0.2) is 24.3 Å². The molecule has 2 N–H and O–H groups in total. The van der Waals surface area contributed by atoms with E-state index in [1.54, 1.807) is 0 Å². The summed E-state index contributed by atoms with van der Waals surface area (Å²) in [4.78, 5) is 14.1. The molecule has 0 aromatic heterocycles. The summed E-state index contributed by atoms with van der Waals surface area (Å²) >= 11 is 0. The summed E-state index contributed by atoms with van der Waals surface area (Å²) in [7, 11) is 0. The van der Waals surface area contributed by atoms with Crippen molar-refractivity contribution in [3.05, 3.63) is 29.8 Å². The Labute approximate surface area is 120 Å². The molecule has 0 bridgehead atoms. The van der Waals surface area contributed by atoms with Crippen molar-refractivity contribution in [1.82, 2.24) is 4.90 Å². The van der Waals surface area contributed by atoms with Crippen LogP contribution < -0.4 is 5.32 Å². The highest BCUT2D eigenvalue weighted by Gasteiger charge is 2.26. The maximum absolute atomic E-state index is 12.0. The topological polar surface area (TPSA) is 52.6 Å². The quantitative estimate of drug-likeness (QED) is 0.863. The van der Waals surface area contributed by atoms with Gasteiger partial charge in [0.2, 0.25) is 5.91 Å². The molecule has 20 heavy (non-hydrogen) atoms. The van der Waals surface area contributed by atoms with Crippen LogP contribution in [-0.4, -0.2) is 41.7 Å². The molecule has 1 fully saturated rings. The molecule has 1 aliphatic rings. The number of nitrogens with one attached hydrogen (secondary N) is 1. The lowest BCUT2D eigenvalue weighted by Crippen LogP contribution is -2.32. The number of carbonyl (C=O) groups excluding carboxylic acids is 1. The number of anilines is 1. The Bertz CT molecular complexity index is 460. The predicted molar refractivity (Wildman–Crippen MR) is 80.7 cm³/mol. The van der Waals surface area contributed by atoms with Crippen LogP contribution in [0.5, 0.6) is 0 Å². The van der Waals surface area contributed by atoms with Gasteiger partial charge < -0.3 is 10.4 Å². The number of benzene rings is 1. The molecule has 1 amide bonds. The Morgan fingerprint density at radius 1 is 1.55 bits per heavy atom. The van der Waals surface area contributed by atoms with Gasteiger partial charge in [0.05, 0.1) is 12.6 Å². The first-order chi connectivity index (χ1) is 9.58. The van der Waals surface area contributed by atoms with Crippen molar-refractivity contribution in [2.75, 3.05) is 25.0 Å². The summed E-state index contributed by atoms with van der Waals surface area (Å²) in [6.45, 7) is 6.02. The highest BCUT2D eigenvalue weighted by molar-refractivity contribution is 5.92. The highest BCUT2D eigenvalue weighted by Crippen LogP contribution is 2.19. The standard InChI is InChI=1S/C16H24N2O2/c1-3-13-5-4-6-15(9-13)17-16(20)11-18-8-7-14(10-18)12(2)19/h4-6,9,12,14,19H,3,7-8,10-11H2,1-2H3,(H,17,20). The number of aryl methyl sites for hydroxylation is 1. The molecule has 0 aliphatic carbocycles. The molecule has 1 aromatic carbocycles. The summed E-state index contributed by atoms with van der Waals surface area (Å²) in [5.41, 5.74) is 2.08. The molecule has 1 saturated heterocycles. The fraction of sp³-hybridized carbons (Fsp3) is 0.562. The number of likely N-dealkylation sites (tertiary alicyclic amines) is 1. The van der Waals surface area contributed by atoms with Crippen molar-refractivity contribution in [2.24, 2.45) is 5.92 Å². The fourth-order valence-electron chi connectivity index (χ4n) is 2.67. The van der Waals surface area contributed by atoms with E-state index in [-0.39, 0.29) is 12.0 Å².